The van der Waals surface area contributed by atoms with Crippen LogP contribution in [-0.2, 0) is 10.1 Å². The van der Waals surface area contributed by atoms with Crippen molar-refractivity contribution in [2.75, 3.05) is 0 Å². The zero-order chi connectivity index (χ0) is 13.6. The molecule has 4 nitrogen and oxygen atoms in total. The molecule has 2 aromatic heterocycles. The molecule has 0 fully saturated rings. The van der Waals surface area contributed by atoms with Gasteiger partial charge in [0.15, 0.2) is 0 Å². The number of thiazole rings is 1. The zero-order valence-corrected chi connectivity index (χ0v) is 12.4. The van der Waals surface area contributed by atoms with Crippen LogP contribution in [0.15, 0.2) is 33.9 Å². The molecule has 0 saturated heterocycles. The summed E-state index contributed by atoms with van der Waals surface area (Å²) in [7, 11) is -4.15. The number of thiophene rings is 1. The smallest absolute Gasteiger partial charge is 0.281 e. The third kappa shape index (κ3) is 2.52. The summed E-state index contributed by atoms with van der Waals surface area (Å²) in [5.41, 5.74) is 1.49. The highest BCUT2D eigenvalue weighted by Gasteiger charge is 2.15. The van der Waals surface area contributed by atoms with Crippen LogP contribution in [0.4, 0.5) is 0 Å². The highest BCUT2D eigenvalue weighted by atomic mass is 35.5. The molecule has 0 amide bonds. The van der Waals surface area contributed by atoms with Crippen LogP contribution >= 0.6 is 34.3 Å². The molecule has 0 atom stereocenters. The van der Waals surface area contributed by atoms with E-state index >= 15 is 0 Å². The Hall–Kier alpha value is -0.990. The Labute approximate surface area is 122 Å². The Morgan fingerprint density at radius 3 is 2.74 bits per heavy atom. The SMILES string of the molecule is O=S(=O)(O)c1cc(-c2nc3ccc(Cl)cc3s2)cs1. The lowest BCUT2D eigenvalue weighted by Gasteiger charge is -1.88. The van der Waals surface area contributed by atoms with E-state index < -0.39 is 10.1 Å². The third-order valence-electron chi connectivity index (χ3n) is 2.43. The van der Waals surface area contributed by atoms with Gasteiger partial charge in [-0.2, -0.15) is 8.42 Å². The molecule has 0 spiro atoms. The number of fused-ring (bicyclic) bond motifs is 1. The molecule has 0 aliphatic heterocycles. The normalized spacial score (nSPS) is 12.1. The van der Waals surface area contributed by atoms with E-state index in [0.29, 0.717) is 15.6 Å². The van der Waals surface area contributed by atoms with Gasteiger partial charge in [-0.25, -0.2) is 4.98 Å². The molecule has 0 unspecified atom stereocenters. The molecule has 8 heteroatoms. The summed E-state index contributed by atoms with van der Waals surface area (Å²) in [6.07, 6.45) is 0. The molecule has 0 aliphatic carbocycles. The van der Waals surface area contributed by atoms with Crippen LogP contribution < -0.4 is 0 Å². The summed E-state index contributed by atoms with van der Waals surface area (Å²) in [6.45, 7) is 0. The highest BCUT2D eigenvalue weighted by molar-refractivity contribution is 7.88. The van der Waals surface area contributed by atoms with Gasteiger partial charge in [0.25, 0.3) is 0 Å². The predicted octanol–water partition coefficient (Wildman–Crippen LogP) is 3.92. The maximum atomic E-state index is 11.0. The summed E-state index contributed by atoms with van der Waals surface area (Å²) in [4.78, 5) is 4.41. The van der Waals surface area contributed by atoms with Crippen LogP contribution in [0.1, 0.15) is 0 Å². The van der Waals surface area contributed by atoms with Gasteiger partial charge in [-0.05, 0) is 24.3 Å². The first-order chi connectivity index (χ1) is 8.93. The highest BCUT2D eigenvalue weighted by Crippen LogP contribution is 2.34. The lowest BCUT2D eigenvalue weighted by molar-refractivity contribution is 0.485. The van der Waals surface area contributed by atoms with Crippen molar-refractivity contribution >= 4 is 54.6 Å². The van der Waals surface area contributed by atoms with E-state index in [-0.39, 0.29) is 4.21 Å². The zero-order valence-electron chi connectivity index (χ0n) is 9.20. The summed E-state index contributed by atoms with van der Waals surface area (Å²) in [5.74, 6) is 0. The fraction of sp³-hybridized carbons (Fsp3) is 0. The summed E-state index contributed by atoms with van der Waals surface area (Å²) < 4.78 is 31.9. The number of rotatable bonds is 2. The minimum absolute atomic E-state index is 0.0835. The van der Waals surface area contributed by atoms with Crippen molar-refractivity contribution in [1.29, 1.82) is 0 Å². The second-order valence-corrected chi connectivity index (χ2v) is 7.79. The number of hydrogen-bond acceptors (Lipinski definition) is 5. The van der Waals surface area contributed by atoms with Crippen LogP contribution in [-0.4, -0.2) is 18.0 Å². The fourth-order valence-corrected chi connectivity index (χ4v) is 4.41. The Kier molecular flexibility index (Phi) is 3.11. The second-order valence-electron chi connectivity index (χ2n) is 3.76. The van der Waals surface area contributed by atoms with Gasteiger partial charge in [0.1, 0.15) is 9.22 Å². The van der Waals surface area contributed by atoms with E-state index in [1.165, 1.54) is 17.4 Å². The fourth-order valence-electron chi connectivity index (χ4n) is 1.59. The maximum Gasteiger partial charge on any atom is 0.304 e. The van der Waals surface area contributed by atoms with Crippen LogP contribution in [0.25, 0.3) is 20.8 Å². The Bertz CT molecular complexity index is 866. The number of benzene rings is 1. The van der Waals surface area contributed by atoms with Crippen LogP contribution in [0.5, 0.6) is 0 Å². The van der Waals surface area contributed by atoms with Crippen molar-refractivity contribution in [3.05, 3.63) is 34.7 Å². The van der Waals surface area contributed by atoms with Gasteiger partial charge >= 0.3 is 10.1 Å². The van der Waals surface area contributed by atoms with Crippen LogP contribution in [0.2, 0.25) is 5.02 Å². The first-order valence-corrected chi connectivity index (χ1v) is 8.57. The third-order valence-corrected chi connectivity index (χ3v) is 6.00. The average molecular weight is 332 g/mol. The maximum absolute atomic E-state index is 11.0. The quantitative estimate of drug-likeness (QED) is 0.722. The van der Waals surface area contributed by atoms with Crippen molar-refractivity contribution in [3.8, 4) is 10.6 Å². The van der Waals surface area contributed by atoms with Crippen molar-refractivity contribution < 1.29 is 13.0 Å². The molecule has 0 radical (unpaired) electrons. The molecule has 3 aromatic rings. The van der Waals surface area contributed by atoms with Gasteiger partial charge in [-0.3, -0.25) is 4.55 Å². The monoisotopic (exact) mass is 331 g/mol. The molecular formula is C11H6ClNO3S3. The van der Waals surface area contributed by atoms with Gasteiger partial charge in [0, 0.05) is 16.0 Å². The van der Waals surface area contributed by atoms with E-state index in [2.05, 4.69) is 4.98 Å². The summed E-state index contributed by atoms with van der Waals surface area (Å²) in [5, 5.41) is 2.98. The van der Waals surface area contributed by atoms with Gasteiger partial charge in [0.05, 0.1) is 10.2 Å². The molecule has 1 N–H and O–H groups in total. The van der Waals surface area contributed by atoms with Crippen molar-refractivity contribution in [1.82, 2.24) is 4.98 Å². The van der Waals surface area contributed by atoms with Crippen LogP contribution in [0, 0.1) is 0 Å². The van der Waals surface area contributed by atoms with E-state index in [4.69, 9.17) is 16.2 Å². The summed E-state index contributed by atoms with van der Waals surface area (Å²) >= 11 is 8.30. The molecule has 0 saturated carbocycles. The lowest BCUT2D eigenvalue weighted by Crippen LogP contribution is -1.93. The molecule has 0 aliphatic rings. The lowest BCUT2D eigenvalue weighted by atomic mass is 10.3. The Balaban J connectivity index is 2.11. The van der Waals surface area contributed by atoms with Crippen molar-refractivity contribution in [2.24, 2.45) is 0 Å². The predicted molar refractivity (Wildman–Crippen MR) is 77.8 cm³/mol. The topological polar surface area (TPSA) is 67.3 Å². The number of nitrogens with zero attached hydrogens (tertiary/aromatic N) is 1. The van der Waals surface area contributed by atoms with Gasteiger partial charge in [-0.15, -0.1) is 22.7 Å². The molecule has 98 valence electrons. The van der Waals surface area contributed by atoms with Crippen molar-refractivity contribution in [3.63, 3.8) is 0 Å². The van der Waals surface area contributed by atoms with Crippen LogP contribution in [0.3, 0.4) is 0 Å². The van der Waals surface area contributed by atoms with E-state index in [1.54, 1.807) is 11.4 Å². The van der Waals surface area contributed by atoms with Gasteiger partial charge < -0.3 is 0 Å². The summed E-state index contributed by atoms with van der Waals surface area (Å²) in [6, 6.07) is 6.80. The Morgan fingerprint density at radius 1 is 1.26 bits per heavy atom. The Morgan fingerprint density at radius 2 is 2.05 bits per heavy atom. The molecule has 2 heterocycles. The molecular weight excluding hydrogens is 326 g/mol. The first kappa shape index (κ1) is 13.0. The van der Waals surface area contributed by atoms with Gasteiger partial charge in [-0.1, -0.05) is 11.6 Å². The molecule has 1 aromatic carbocycles. The minimum atomic E-state index is -4.15. The number of hydrogen-bond donors (Lipinski definition) is 1. The average Bonchev–Trinajstić information content (AvgIpc) is 2.92. The molecule has 0 bridgehead atoms. The van der Waals surface area contributed by atoms with E-state index in [0.717, 1.165) is 21.6 Å². The number of aromatic nitrogens is 1. The minimum Gasteiger partial charge on any atom is -0.281 e. The number of halogens is 1. The molecule has 3 rings (SSSR count). The molecule has 19 heavy (non-hydrogen) atoms. The van der Waals surface area contributed by atoms with Crippen molar-refractivity contribution in [2.45, 2.75) is 4.21 Å². The van der Waals surface area contributed by atoms with E-state index in [9.17, 15) is 8.42 Å². The first-order valence-electron chi connectivity index (χ1n) is 5.06. The largest absolute Gasteiger partial charge is 0.304 e. The van der Waals surface area contributed by atoms with E-state index in [1.807, 2.05) is 12.1 Å². The second kappa shape index (κ2) is 4.53. The van der Waals surface area contributed by atoms with Gasteiger partial charge in [0.2, 0.25) is 0 Å². The standard InChI is InChI=1S/C11H6ClNO3S3/c12-7-1-2-8-9(4-7)18-11(13-8)6-3-10(17-5-6)19(14,15)16/h1-5H,(H,14,15,16).